The molecule has 1 saturated heterocycles. The van der Waals surface area contributed by atoms with Crippen molar-refractivity contribution in [1.82, 2.24) is 4.98 Å². The number of amidine groups is 1. The van der Waals surface area contributed by atoms with E-state index in [4.69, 9.17) is 20.6 Å². The summed E-state index contributed by atoms with van der Waals surface area (Å²) in [5, 5.41) is 7.47. The molecule has 1 atom stereocenters. The lowest BCUT2D eigenvalue weighted by Crippen LogP contribution is -2.17. The van der Waals surface area contributed by atoms with Crippen molar-refractivity contribution in [2.24, 2.45) is 11.7 Å². The van der Waals surface area contributed by atoms with E-state index in [0.29, 0.717) is 24.0 Å². The Morgan fingerprint density at radius 1 is 1.65 bits per heavy atom. The van der Waals surface area contributed by atoms with Crippen LogP contribution in [0.3, 0.4) is 0 Å². The van der Waals surface area contributed by atoms with Gasteiger partial charge in [-0.2, -0.15) is 0 Å². The Labute approximate surface area is 100 Å². The summed E-state index contributed by atoms with van der Waals surface area (Å²) in [5.74, 6) is 0.844. The van der Waals surface area contributed by atoms with E-state index in [9.17, 15) is 0 Å². The van der Waals surface area contributed by atoms with Crippen LogP contribution in [0.25, 0.3) is 0 Å². The molecule has 0 bridgehead atoms. The molecule has 1 fully saturated rings. The fourth-order valence-electron chi connectivity index (χ4n) is 1.76. The van der Waals surface area contributed by atoms with E-state index in [0.717, 1.165) is 25.3 Å². The number of nitrogens with one attached hydrogen (secondary N) is 1. The number of ether oxygens (including phenoxy) is 2. The molecule has 3 N–H and O–H groups in total. The van der Waals surface area contributed by atoms with Crippen LogP contribution in [0.1, 0.15) is 17.7 Å². The zero-order valence-corrected chi connectivity index (χ0v) is 9.90. The second kappa shape index (κ2) is 5.14. The molecular weight excluding hydrogens is 218 g/mol. The van der Waals surface area contributed by atoms with Crippen molar-refractivity contribution in [3.8, 4) is 5.88 Å². The van der Waals surface area contributed by atoms with Crippen molar-refractivity contribution < 1.29 is 9.47 Å². The fourth-order valence-corrected chi connectivity index (χ4v) is 1.76. The number of nitrogens with two attached hydrogens (primary N) is 1. The molecule has 0 saturated carbocycles. The normalized spacial score (nSPS) is 19.2. The summed E-state index contributed by atoms with van der Waals surface area (Å²) in [4.78, 5) is 4.27. The van der Waals surface area contributed by atoms with E-state index in [-0.39, 0.29) is 5.84 Å². The van der Waals surface area contributed by atoms with Gasteiger partial charge in [-0.3, -0.25) is 5.41 Å². The number of rotatable bonds is 4. The van der Waals surface area contributed by atoms with Gasteiger partial charge >= 0.3 is 0 Å². The van der Waals surface area contributed by atoms with Crippen LogP contribution in [0.4, 0.5) is 0 Å². The van der Waals surface area contributed by atoms with Crippen molar-refractivity contribution in [1.29, 1.82) is 5.41 Å². The second-order valence-corrected chi connectivity index (χ2v) is 4.26. The summed E-state index contributed by atoms with van der Waals surface area (Å²) < 4.78 is 10.9. The zero-order valence-electron chi connectivity index (χ0n) is 9.90. The first kappa shape index (κ1) is 11.9. The van der Waals surface area contributed by atoms with E-state index >= 15 is 0 Å². The molecule has 0 spiro atoms. The molecule has 5 heteroatoms. The predicted octanol–water partition coefficient (Wildman–Crippen LogP) is 1.09. The first-order valence-electron chi connectivity index (χ1n) is 5.69. The van der Waals surface area contributed by atoms with Gasteiger partial charge < -0.3 is 15.2 Å². The molecule has 2 rings (SSSR count). The van der Waals surface area contributed by atoms with Crippen LogP contribution in [0.15, 0.2) is 12.1 Å². The van der Waals surface area contributed by atoms with Gasteiger partial charge in [0.2, 0.25) is 5.88 Å². The second-order valence-electron chi connectivity index (χ2n) is 4.26. The van der Waals surface area contributed by atoms with Gasteiger partial charge in [0.05, 0.1) is 18.8 Å². The van der Waals surface area contributed by atoms with E-state index in [1.165, 1.54) is 0 Å². The van der Waals surface area contributed by atoms with Crippen LogP contribution < -0.4 is 10.5 Å². The average molecular weight is 235 g/mol. The zero-order chi connectivity index (χ0) is 12.3. The lowest BCUT2D eigenvalue weighted by Gasteiger charge is -2.12. The molecule has 0 radical (unpaired) electrons. The van der Waals surface area contributed by atoms with Crippen LogP contribution in [0, 0.1) is 18.3 Å². The molecule has 0 aromatic carbocycles. The minimum atomic E-state index is -0.0184. The minimum absolute atomic E-state index is 0.0184. The van der Waals surface area contributed by atoms with Crippen molar-refractivity contribution in [3.63, 3.8) is 0 Å². The number of hydrogen-bond donors (Lipinski definition) is 2. The highest BCUT2D eigenvalue weighted by atomic mass is 16.5. The Morgan fingerprint density at radius 2 is 2.47 bits per heavy atom. The van der Waals surface area contributed by atoms with Gasteiger partial charge in [-0.05, 0) is 25.5 Å². The number of nitrogen functional groups attached to an aromatic ring is 1. The quantitative estimate of drug-likeness (QED) is 0.604. The topological polar surface area (TPSA) is 81.2 Å². The van der Waals surface area contributed by atoms with Crippen molar-refractivity contribution >= 4 is 5.84 Å². The molecule has 17 heavy (non-hydrogen) atoms. The molecule has 1 aliphatic rings. The average Bonchev–Trinajstić information content (AvgIpc) is 2.78. The molecule has 0 amide bonds. The van der Waals surface area contributed by atoms with Gasteiger partial charge in [-0.15, -0.1) is 0 Å². The highest BCUT2D eigenvalue weighted by Gasteiger charge is 2.18. The van der Waals surface area contributed by atoms with Crippen molar-refractivity contribution in [2.45, 2.75) is 13.3 Å². The van der Waals surface area contributed by atoms with Crippen LogP contribution in [0.5, 0.6) is 5.88 Å². The smallest absolute Gasteiger partial charge is 0.224 e. The SMILES string of the molecule is Cc1ccc(C(=N)N)c(OCC2CCOC2)n1. The van der Waals surface area contributed by atoms with E-state index < -0.39 is 0 Å². The Bertz CT molecular complexity index is 414. The van der Waals surface area contributed by atoms with Crippen molar-refractivity contribution in [2.75, 3.05) is 19.8 Å². The third kappa shape index (κ3) is 2.94. The molecule has 0 aliphatic carbocycles. The predicted molar refractivity (Wildman–Crippen MR) is 64.4 cm³/mol. The number of aromatic nitrogens is 1. The standard InChI is InChI=1S/C12H17N3O2/c1-8-2-3-10(11(13)14)12(15-8)17-7-9-4-5-16-6-9/h2-3,9H,4-7H2,1H3,(H3,13,14). The molecule has 2 heterocycles. The van der Waals surface area contributed by atoms with Crippen LogP contribution in [0.2, 0.25) is 0 Å². The summed E-state index contributed by atoms with van der Waals surface area (Å²) in [5.41, 5.74) is 6.89. The van der Waals surface area contributed by atoms with Crippen LogP contribution >= 0.6 is 0 Å². The highest BCUT2D eigenvalue weighted by Crippen LogP contribution is 2.19. The summed E-state index contributed by atoms with van der Waals surface area (Å²) in [6, 6.07) is 3.59. The molecule has 1 aromatic rings. The summed E-state index contributed by atoms with van der Waals surface area (Å²) in [6.07, 6.45) is 1.02. The Morgan fingerprint density at radius 3 is 3.12 bits per heavy atom. The molecule has 5 nitrogen and oxygen atoms in total. The summed E-state index contributed by atoms with van der Waals surface area (Å²) in [6.45, 7) is 3.99. The summed E-state index contributed by atoms with van der Waals surface area (Å²) in [7, 11) is 0. The number of aryl methyl sites for hydroxylation is 1. The molecule has 1 aromatic heterocycles. The maximum atomic E-state index is 7.47. The third-order valence-corrected chi connectivity index (χ3v) is 2.77. The third-order valence-electron chi connectivity index (χ3n) is 2.77. The van der Waals surface area contributed by atoms with Crippen LogP contribution in [-0.4, -0.2) is 30.6 Å². The van der Waals surface area contributed by atoms with Gasteiger partial charge in [0.25, 0.3) is 0 Å². The van der Waals surface area contributed by atoms with Gasteiger partial charge in [0.15, 0.2) is 0 Å². The molecular formula is C12H17N3O2. The monoisotopic (exact) mass is 235 g/mol. The van der Waals surface area contributed by atoms with Gasteiger partial charge in [-0.1, -0.05) is 0 Å². The Hall–Kier alpha value is -1.62. The lowest BCUT2D eigenvalue weighted by atomic mass is 10.1. The van der Waals surface area contributed by atoms with Gasteiger partial charge in [0.1, 0.15) is 5.84 Å². The van der Waals surface area contributed by atoms with E-state index in [1.807, 2.05) is 13.0 Å². The number of hydrogen-bond acceptors (Lipinski definition) is 4. The van der Waals surface area contributed by atoms with Crippen LogP contribution in [-0.2, 0) is 4.74 Å². The van der Waals surface area contributed by atoms with Gasteiger partial charge in [-0.25, -0.2) is 4.98 Å². The Balaban J connectivity index is 2.07. The molecule has 1 aliphatic heterocycles. The van der Waals surface area contributed by atoms with Crippen molar-refractivity contribution in [3.05, 3.63) is 23.4 Å². The fraction of sp³-hybridized carbons (Fsp3) is 0.500. The van der Waals surface area contributed by atoms with E-state index in [1.54, 1.807) is 6.07 Å². The maximum absolute atomic E-state index is 7.47. The Kier molecular flexibility index (Phi) is 3.58. The maximum Gasteiger partial charge on any atom is 0.224 e. The highest BCUT2D eigenvalue weighted by molar-refractivity contribution is 5.97. The molecule has 1 unspecified atom stereocenters. The number of pyridine rings is 1. The number of nitrogens with zero attached hydrogens (tertiary/aromatic N) is 1. The largest absolute Gasteiger partial charge is 0.477 e. The summed E-state index contributed by atoms with van der Waals surface area (Å²) >= 11 is 0. The minimum Gasteiger partial charge on any atom is -0.477 e. The molecule has 92 valence electrons. The first-order valence-corrected chi connectivity index (χ1v) is 5.69. The van der Waals surface area contributed by atoms with Gasteiger partial charge in [0, 0.05) is 18.2 Å². The first-order chi connectivity index (χ1) is 8.16. The van der Waals surface area contributed by atoms with E-state index in [2.05, 4.69) is 4.98 Å². The lowest BCUT2D eigenvalue weighted by molar-refractivity contribution is 0.165.